The minimum absolute atomic E-state index is 0.0530. The van der Waals surface area contributed by atoms with Gasteiger partial charge in [-0.25, -0.2) is 9.78 Å². The van der Waals surface area contributed by atoms with Crippen LogP contribution in [0.2, 0.25) is 0 Å². The number of hydrogen-bond donors (Lipinski definition) is 0. The number of benzene rings is 1. The first-order chi connectivity index (χ1) is 19.2. The number of esters is 1. The predicted molar refractivity (Wildman–Crippen MR) is 142 cm³/mol. The summed E-state index contributed by atoms with van der Waals surface area (Å²) in [7, 11) is 1.26. The van der Waals surface area contributed by atoms with Gasteiger partial charge in [-0.2, -0.15) is 13.2 Å². The lowest BCUT2D eigenvalue weighted by Gasteiger charge is -2.30. The van der Waals surface area contributed by atoms with E-state index in [0.29, 0.717) is 24.3 Å². The van der Waals surface area contributed by atoms with Gasteiger partial charge in [-0.15, -0.1) is 0 Å². The first-order valence-corrected chi connectivity index (χ1v) is 12.7. The number of rotatable bonds is 9. The summed E-state index contributed by atoms with van der Waals surface area (Å²) in [6.45, 7) is 2.74. The maximum absolute atomic E-state index is 13.5. The second kappa shape index (κ2) is 13.2. The van der Waals surface area contributed by atoms with Crippen molar-refractivity contribution in [2.75, 3.05) is 38.3 Å². The highest BCUT2D eigenvalue weighted by Gasteiger charge is 2.32. The number of amides is 1. The molecule has 2 aromatic heterocycles. The van der Waals surface area contributed by atoms with Gasteiger partial charge in [-0.3, -0.25) is 9.78 Å². The molecule has 1 aromatic carbocycles. The Kier molecular flexibility index (Phi) is 9.49. The minimum Gasteiger partial charge on any atom is -0.467 e. The van der Waals surface area contributed by atoms with Crippen molar-refractivity contribution in [2.24, 2.45) is 0 Å². The maximum atomic E-state index is 13.5. The van der Waals surface area contributed by atoms with Crippen LogP contribution in [-0.4, -0.2) is 66.2 Å². The largest absolute Gasteiger partial charge is 0.467 e. The number of morpholine rings is 1. The first kappa shape index (κ1) is 28.8. The molecule has 1 saturated heterocycles. The Bertz CT molecular complexity index is 1290. The molecule has 1 atom stereocenters. The molecule has 1 aliphatic rings. The molecule has 0 aliphatic carbocycles. The SMILES string of the molecule is COC(=O)[C@H](Cc1ccccc1)N(Cc1ccc(N2CCOCC2)nc1)C(=O)/C=C/c1ccc(C(F)(F)F)nc1. The number of methoxy groups -OCH3 is 1. The van der Waals surface area contributed by atoms with E-state index < -0.39 is 29.8 Å². The summed E-state index contributed by atoms with van der Waals surface area (Å²) in [4.78, 5) is 37.9. The number of carbonyl (C=O) groups is 2. The van der Waals surface area contributed by atoms with Crippen molar-refractivity contribution in [3.8, 4) is 0 Å². The molecular weight excluding hydrogens is 525 g/mol. The summed E-state index contributed by atoms with van der Waals surface area (Å²) >= 11 is 0. The van der Waals surface area contributed by atoms with E-state index in [0.717, 1.165) is 36.7 Å². The average Bonchev–Trinajstić information content (AvgIpc) is 2.98. The van der Waals surface area contributed by atoms with E-state index in [1.54, 1.807) is 6.20 Å². The van der Waals surface area contributed by atoms with E-state index in [9.17, 15) is 22.8 Å². The lowest BCUT2D eigenvalue weighted by Crippen LogP contribution is -2.46. The van der Waals surface area contributed by atoms with E-state index >= 15 is 0 Å². The van der Waals surface area contributed by atoms with E-state index in [4.69, 9.17) is 9.47 Å². The topological polar surface area (TPSA) is 84.9 Å². The van der Waals surface area contributed by atoms with E-state index in [2.05, 4.69) is 14.9 Å². The Hall–Kier alpha value is -4.25. The van der Waals surface area contributed by atoms with Crippen molar-refractivity contribution in [2.45, 2.75) is 25.2 Å². The highest BCUT2D eigenvalue weighted by molar-refractivity contribution is 5.94. The van der Waals surface area contributed by atoms with Crippen molar-refractivity contribution in [1.29, 1.82) is 0 Å². The van der Waals surface area contributed by atoms with Gasteiger partial charge in [-0.1, -0.05) is 42.5 Å². The summed E-state index contributed by atoms with van der Waals surface area (Å²) in [5.41, 5.74) is 0.791. The van der Waals surface area contributed by atoms with Crippen LogP contribution < -0.4 is 4.90 Å². The molecule has 0 spiro atoms. The molecule has 3 heterocycles. The van der Waals surface area contributed by atoms with Gasteiger partial charge < -0.3 is 19.3 Å². The fourth-order valence-electron chi connectivity index (χ4n) is 4.26. The third kappa shape index (κ3) is 7.66. The van der Waals surface area contributed by atoms with Crippen LogP contribution in [0.15, 0.2) is 73.1 Å². The number of nitrogens with zero attached hydrogens (tertiary/aromatic N) is 4. The Morgan fingerprint density at radius 1 is 1.02 bits per heavy atom. The zero-order valence-corrected chi connectivity index (χ0v) is 21.9. The number of pyridine rings is 2. The molecule has 0 N–H and O–H groups in total. The molecule has 210 valence electrons. The second-order valence-corrected chi connectivity index (χ2v) is 9.13. The number of halogens is 3. The van der Waals surface area contributed by atoms with E-state index in [1.165, 1.54) is 30.2 Å². The standard InChI is InChI=1S/C29H29F3N4O4/c1-39-28(38)24(17-21-5-3-2-4-6-21)36(20-23-8-11-26(34-19-23)35-13-15-40-16-14-35)27(37)12-9-22-7-10-25(33-18-22)29(30,31)32/h2-12,18-19,24H,13-17,20H2,1H3/b12-9+/t24-/m0/s1. The number of anilines is 1. The smallest absolute Gasteiger partial charge is 0.433 e. The molecule has 11 heteroatoms. The predicted octanol–water partition coefficient (Wildman–Crippen LogP) is 4.16. The molecule has 0 unspecified atom stereocenters. The third-order valence-electron chi connectivity index (χ3n) is 6.40. The van der Waals surface area contributed by atoms with Crippen LogP contribution in [0.25, 0.3) is 6.08 Å². The number of ether oxygens (including phenoxy) is 2. The van der Waals surface area contributed by atoms with Gasteiger partial charge in [0.05, 0.1) is 20.3 Å². The number of hydrogen-bond acceptors (Lipinski definition) is 7. The summed E-state index contributed by atoms with van der Waals surface area (Å²) < 4.78 is 49.0. The number of aromatic nitrogens is 2. The quantitative estimate of drug-likeness (QED) is 0.290. The molecule has 0 radical (unpaired) electrons. The Balaban J connectivity index is 1.59. The minimum atomic E-state index is -4.56. The molecule has 40 heavy (non-hydrogen) atoms. The first-order valence-electron chi connectivity index (χ1n) is 12.7. The van der Waals surface area contributed by atoms with Crippen molar-refractivity contribution >= 4 is 23.8 Å². The highest BCUT2D eigenvalue weighted by Crippen LogP contribution is 2.27. The van der Waals surface area contributed by atoms with Gasteiger partial charge in [0.25, 0.3) is 0 Å². The fraction of sp³-hybridized carbons (Fsp3) is 0.310. The molecule has 0 saturated carbocycles. The van der Waals surface area contributed by atoms with Crippen molar-refractivity contribution < 1.29 is 32.2 Å². The van der Waals surface area contributed by atoms with Gasteiger partial charge in [0.15, 0.2) is 0 Å². The van der Waals surface area contributed by atoms with Gasteiger partial charge in [0, 0.05) is 44.5 Å². The molecule has 0 bridgehead atoms. The summed E-state index contributed by atoms with van der Waals surface area (Å²) in [5, 5.41) is 0. The number of alkyl halides is 3. The Morgan fingerprint density at radius 3 is 2.38 bits per heavy atom. The van der Waals surface area contributed by atoms with Crippen LogP contribution in [0.5, 0.6) is 0 Å². The van der Waals surface area contributed by atoms with Gasteiger partial charge >= 0.3 is 12.1 Å². The maximum Gasteiger partial charge on any atom is 0.433 e. The number of carbonyl (C=O) groups excluding carboxylic acids is 2. The molecule has 1 fully saturated rings. The van der Waals surface area contributed by atoms with Crippen LogP contribution in [0.1, 0.15) is 22.4 Å². The van der Waals surface area contributed by atoms with Gasteiger partial charge in [0.2, 0.25) is 5.91 Å². The van der Waals surface area contributed by atoms with Gasteiger partial charge in [0.1, 0.15) is 17.6 Å². The summed E-state index contributed by atoms with van der Waals surface area (Å²) in [6.07, 6.45) is 0.901. The van der Waals surface area contributed by atoms with Crippen LogP contribution >= 0.6 is 0 Å². The van der Waals surface area contributed by atoms with Crippen LogP contribution in [0.4, 0.5) is 19.0 Å². The zero-order chi connectivity index (χ0) is 28.5. The normalized spacial score (nSPS) is 14.7. The lowest BCUT2D eigenvalue weighted by atomic mass is 10.0. The zero-order valence-electron chi connectivity index (χ0n) is 21.9. The highest BCUT2D eigenvalue weighted by atomic mass is 19.4. The molecule has 3 aromatic rings. The fourth-order valence-corrected chi connectivity index (χ4v) is 4.26. The Labute approximate surface area is 230 Å². The monoisotopic (exact) mass is 554 g/mol. The third-order valence-corrected chi connectivity index (χ3v) is 6.40. The van der Waals surface area contributed by atoms with Crippen molar-refractivity contribution in [3.63, 3.8) is 0 Å². The van der Waals surface area contributed by atoms with Crippen LogP contribution in [-0.2, 0) is 38.2 Å². The second-order valence-electron chi connectivity index (χ2n) is 9.13. The van der Waals surface area contributed by atoms with E-state index in [-0.39, 0.29) is 13.0 Å². The molecule has 4 rings (SSSR count). The van der Waals surface area contributed by atoms with Crippen molar-refractivity contribution in [3.05, 3.63) is 95.5 Å². The van der Waals surface area contributed by atoms with Gasteiger partial charge in [-0.05, 0) is 34.9 Å². The Morgan fingerprint density at radius 2 is 1.77 bits per heavy atom. The summed E-state index contributed by atoms with van der Waals surface area (Å²) in [5.74, 6) is -0.336. The van der Waals surface area contributed by atoms with Crippen LogP contribution in [0.3, 0.4) is 0 Å². The van der Waals surface area contributed by atoms with E-state index in [1.807, 2.05) is 42.5 Å². The molecular formula is C29H29F3N4O4. The lowest BCUT2D eigenvalue weighted by molar-refractivity contribution is -0.151. The van der Waals surface area contributed by atoms with Crippen LogP contribution in [0, 0.1) is 0 Å². The molecule has 1 amide bonds. The molecule has 8 nitrogen and oxygen atoms in total. The average molecular weight is 555 g/mol. The molecule has 1 aliphatic heterocycles. The summed E-state index contributed by atoms with van der Waals surface area (Å²) in [6, 6.07) is 14.0. The van der Waals surface area contributed by atoms with Crippen molar-refractivity contribution in [1.82, 2.24) is 14.9 Å².